The summed E-state index contributed by atoms with van der Waals surface area (Å²) in [5, 5.41) is 0. The predicted octanol–water partition coefficient (Wildman–Crippen LogP) is 3.54. The minimum absolute atomic E-state index is 0.144. The highest BCUT2D eigenvalue weighted by molar-refractivity contribution is 6.83. The summed E-state index contributed by atoms with van der Waals surface area (Å²) in [5.74, 6) is 3.38. The Hall–Kier alpha value is -1.53. The molecular weight excluding hydrogens is 262 g/mol. The molecule has 0 bridgehead atoms. The van der Waals surface area contributed by atoms with E-state index in [1.54, 1.807) is 0 Å². The molecule has 1 aliphatic heterocycles. The van der Waals surface area contributed by atoms with Crippen molar-refractivity contribution < 1.29 is 4.79 Å². The molecule has 0 N–H and O–H groups in total. The van der Waals surface area contributed by atoms with Crippen LogP contribution in [0.5, 0.6) is 0 Å². The first-order chi connectivity index (χ1) is 9.47. The molecule has 2 rings (SSSR count). The third-order valence-corrected chi connectivity index (χ3v) is 4.25. The Morgan fingerprint density at radius 3 is 2.40 bits per heavy atom. The van der Waals surface area contributed by atoms with Gasteiger partial charge in [-0.25, -0.2) is 0 Å². The molecule has 106 valence electrons. The van der Waals surface area contributed by atoms with E-state index in [1.165, 1.54) is 6.42 Å². The van der Waals surface area contributed by atoms with Crippen molar-refractivity contribution in [1.29, 1.82) is 0 Å². The van der Waals surface area contributed by atoms with E-state index in [4.69, 9.17) is 0 Å². The van der Waals surface area contributed by atoms with Crippen LogP contribution in [0.25, 0.3) is 0 Å². The average Bonchev–Trinajstić information content (AvgIpc) is 2.45. The van der Waals surface area contributed by atoms with Crippen LogP contribution >= 0.6 is 0 Å². The van der Waals surface area contributed by atoms with Crippen molar-refractivity contribution in [3.8, 4) is 11.5 Å². The van der Waals surface area contributed by atoms with Crippen LogP contribution in [0.4, 0.5) is 0 Å². The van der Waals surface area contributed by atoms with Crippen LogP contribution in [0.15, 0.2) is 24.3 Å². The van der Waals surface area contributed by atoms with Gasteiger partial charge in [-0.15, -0.1) is 5.54 Å². The second-order valence-corrected chi connectivity index (χ2v) is 11.1. The lowest BCUT2D eigenvalue weighted by atomic mass is 10.0. The molecule has 1 aromatic rings. The van der Waals surface area contributed by atoms with E-state index in [1.807, 2.05) is 29.2 Å². The van der Waals surface area contributed by atoms with E-state index >= 15 is 0 Å². The highest BCUT2D eigenvalue weighted by Crippen LogP contribution is 2.16. The zero-order valence-electron chi connectivity index (χ0n) is 12.7. The quantitative estimate of drug-likeness (QED) is 0.571. The largest absolute Gasteiger partial charge is 0.339 e. The van der Waals surface area contributed by atoms with Gasteiger partial charge in [-0.05, 0) is 31.4 Å². The summed E-state index contributed by atoms with van der Waals surface area (Å²) >= 11 is 0. The summed E-state index contributed by atoms with van der Waals surface area (Å²) in [5.41, 5.74) is 5.00. The minimum atomic E-state index is -1.42. The van der Waals surface area contributed by atoms with E-state index in [2.05, 4.69) is 31.1 Å². The van der Waals surface area contributed by atoms with Crippen LogP contribution in [0, 0.1) is 11.5 Å². The maximum atomic E-state index is 12.6. The van der Waals surface area contributed by atoms with Gasteiger partial charge >= 0.3 is 0 Å². The fourth-order valence-electron chi connectivity index (χ4n) is 2.30. The molecule has 2 nitrogen and oxygen atoms in total. The van der Waals surface area contributed by atoms with Crippen LogP contribution in [0.2, 0.25) is 19.6 Å². The Labute approximate surface area is 123 Å². The Kier molecular flexibility index (Phi) is 4.67. The third-order valence-electron chi connectivity index (χ3n) is 3.37. The number of piperidine rings is 1. The molecule has 20 heavy (non-hydrogen) atoms. The summed E-state index contributed by atoms with van der Waals surface area (Å²) in [4.78, 5) is 14.6. The second kappa shape index (κ2) is 6.28. The molecule has 0 radical (unpaired) electrons. The molecule has 0 spiro atoms. The first kappa shape index (κ1) is 14.9. The summed E-state index contributed by atoms with van der Waals surface area (Å²) in [6.45, 7) is 8.42. The van der Waals surface area contributed by atoms with Crippen molar-refractivity contribution in [2.24, 2.45) is 0 Å². The summed E-state index contributed by atoms with van der Waals surface area (Å²) in [6.07, 6.45) is 3.48. The Morgan fingerprint density at radius 1 is 1.10 bits per heavy atom. The Morgan fingerprint density at radius 2 is 1.75 bits per heavy atom. The fraction of sp³-hybridized carbons (Fsp3) is 0.471. The maximum Gasteiger partial charge on any atom is 0.255 e. The zero-order valence-corrected chi connectivity index (χ0v) is 13.7. The molecule has 1 aromatic carbocycles. The minimum Gasteiger partial charge on any atom is -0.339 e. The van der Waals surface area contributed by atoms with E-state index < -0.39 is 8.07 Å². The van der Waals surface area contributed by atoms with Gasteiger partial charge in [0.15, 0.2) is 0 Å². The van der Waals surface area contributed by atoms with Gasteiger partial charge in [0.1, 0.15) is 8.07 Å². The summed E-state index contributed by atoms with van der Waals surface area (Å²) in [7, 11) is -1.42. The van der Waals surface area contributed by atoms with Crippen LogP contribution in [0.3, 0.4) is 0 Å². The number of hydrogen-bond donors (Lipinski definition) is 0. The number of carbonyl (C=O) groups is 1. The molecule has 0 aliphatic carbocycles. The molecule has 1 heterocycles. The van der Waals surface area contributed by atoms with Gasteiger partial charge in [0, 0.05) is 18.7 Å². The Balaban J connectivity index is 2.26. The molecule has 1 amide bonds. The number of nitrogens with zero attached hydrogens (tertiary/aromatic N) is 1. The van der Waals surface area contributed by atoms with E-state index in [-0.39, 0.29) is 5.91 Å². The van der Waals surface area contributed by atoms with Gasteiger partial charge in [0.05, 0.1) is 5.56 Å². The lowest BCUT2D eigenvalue weighted by Gasteiger charge is -2.27. The molecule has 0 unspecified atom stereocenters. The van der Waals surface area contributed by atoms with Crippen molar-refractivity contribution in [3.63, 3.8) is 0 Å². The van der Waals surface area contributed by atoms with Crippen molar-refractivity contribution in [2.45, 2.75) is 38.9 Å². The van der Waals surface area contributed by atoms with Gasteiger partial charge in [0.2, 0.25) is 0 Å². The summed E-state index contributed by atoms with van der Waals surface area (Å²) < 4.78 is 0. The number of benzene rings is 1. The van der Waals surface area contributed by atoms with Crippen molar-refractivity contribution in [1.82, 2.24) is 4.90 Å². The first-order valence-electron chi connectivity index (χ1n) is 7.39. The monoisotopic (exact) mass is 285 g/mol. The van der Waals surface area contributed by atoms with Crippen LogP contribution < -0.4 is 0 Å². The van der Waals surface area contributed by atoms with Gasteiger partial charge in [-0.1, -0.05) is 37.7 Å². The molecule has 1 saturated heterocycles. The zero-order chi connectivity index (χ0) is 14.6. The second-order valence-electron chi connectivity index (χ2n) is 6.40. The Bertz CT molecular complexity index is 542. The van der Waals surface area contributed by atoms with Crippen molar-refractivity contribution in [2.75, 3.05) is 13.1 Å². The maximum absolute atomic E-state index is 12.6. The summed E-state index contributed by atoms with van der Waals surface area (Å²) in [6, 6.07) is 7.76. The first-order valence-corrected chi connectivity index (χ1v) is 10.9. The van der Waals surface area contributed by atoms with Crippen molar-refractivity contribution >= 4 is 14.0 Å². The van der Waals surface area contributed by atoms with Gasteiger partial charge in [-0.3, -0.25) is 4.79 Å². The number of rotatable bonds is 1. The molecular formula is C17H23NOSi. The average molecular weight is 285 g/mol. The molecule has 0 aromatic heterocycles. The topological polar surface area (TPSA) is 20.3 Å². The van der Waals surface area contributed by atoms with Crippen LogP contribution in [-0.2, 0) is 0 Å². The van der Waals surface area contributed by atoms with Gasteiger partial charge in [0.25, 0.3) is 5.91 Å². The highest BCUT2D eigenvalue weighted by Gasteiger charge is 2.20. The normalized spacial score (nSPS) is 15.4. The number of amides is 1. The SMILES string of the molecule is C[Si](C)(C)C#Cc1ccccc1C(=O)N1CCCCC1. The molecule has 1 fully saturated rings. The smallest absolute Gasteiger partial charge is 0.255 e. The van der Waals surface area contributed by atoms with Gasteiger partial charge < -0.3 is 4.90 Å². The molecule has 1 aliphatic rings. The molecule has 3 heteroatoms. The number of carbonyl (C=O) groups excluding carboxylic acids is 1. The number of hydrogen-bond acceptors (Lipinski definition) is 1. The van der Waals surface area contributed by atoms with Crippen molar-refractivity contribution in [3.05, 3.63) is 35.4 Å². The predicted molar refractivity (Wildman–Crippen MR) is 86.4 cm³/mol. The standard InChI is InChI=1S/C17H23NOSi/c1-20(2,3)14-11-15-9-5-6-10-16(15)17(19)18-12-7-4-8-13-18/h5-6,9-10H,4,7-8,12-13H2,1-3H3. The molecule has 0 saturated carbocycles. The fourth-order valence-corrected chi connectivity index (χ4v) is 2.81. The third kappa shape index (κ3) is 3.98. The van der Waals surface area contributed by atoms with Crippen LogP contribution in [0.1, 0.15) is 35.2 Å². The van der Waals surface area contributed by atoms with E-state index in [0.29, 0.717) is 0 Å². The van der Waals surface area contributed by atoms with Gasteiger partial charge in [-0.2, -0.15) is 0 Å². The lowest BCUT2D eigenvalue weighted by Crippen LogP contribution is -2.36. The van der Waals surface area contributed by atoms with E-state index in [0.717, 1.165) is 37.1 Å². The number of likely N-dealkylation sites (tertiary alicyclic amines) is 1. The van der Waals surface area contributed by atoms with Crippen LogP contribution in [-0.4, -0.2) is 32.0 Å². The lowest BCUT2D eigenvalue weighted by molar-refractivity contribution is 0.0724. The van der Waals surface area contributed by atoms with E-state index in [9.17, 15) is 4.79 Å². The highest BCUT2D eigenvalue weighted by atomic mass is 28.3. The molecule has 0 atom stereocenters.